The van der Waals surface area contributed by atoms with Gasteiger partial charge in [0.1, 0.15) is 6.61 Å². The first kappa shape index (κ1) is 28.1. The van der Waals surface area contributed by atoms with Crippen LogP contribution in [0.2, 0.25) is 0 Å². The summed E-state index contributed by atoms with van der Waals surface area (Å²) in [6.07, 6.45) is 12.0. The van der Waals surface area contributed by atoms with Crippen LogP contribution in [0.4, 0.5) is 0 Å². The van der Waals surface area contributed by atoms with E-state index < -0.39 is 17.8 Å². The van der Waals surface area contributed by atoms with Crippen molar-refractivity contribution < 1.29 is 28.7 Å². The number of Topliss-reactive ketones (excluding diaryl/α,β-unsaturated/α-hetero) is 3. The molecule has 0 aromatic rings. The van der Waals surface area contributed by atoms with Crippen LogP contribution in [0.15, 0.2) is 9.98 Å². The van der Waals surface area contributed by atoms with E-state index in [1.165, 1.54) is 12.2 Å². The second-order valence-electron chi connectivity index (χ2n) is 8.30. The Morgan fingerprint density at radius 2 is 1.03 bits per heavy atom. The molecule has 0 aliphatic heterocycles. The zero-order valence-electron chi connectivity index (χ0n) is 19.1. The van der Waals surface area contributed by atoms with E-state index in [4.69, 9.17) is 5.26 Å². The molecule has 180 valence electrons. The summed E-state index contributed by atoms with van der Waals surface area (Å²) in [6.45, 7) is 1.07. The van der Waals surface area contributed by atoms with Gasteiger partial charge in [-0.1, -0.05) is 32.1 Å². The maximum Gasteiger partial charge on any atom is 0.286 e. The summed E-state index contributed by atoms with van der Waals surface area (Å²) >= 11 is 0. The zero-order chi connectivity index (χ0) is 24.3. The summed E-state index contributed by atoms with van der Waals surface area (Å²) in [5, 5.41) is 8.40. The maximum absolute atomic E-state index is 13.0. The SMILES string of the molecule is N#COCCCCCC1C(=O)C(CCCCCN=C=O)C(=O)C(CCCCCN=C=O)C1=O. The minimum Gasteiger partial charge on any atom is -0.428 e. The number of ketones is 3. The average molecular weight is 460 g/mol. The van der Waals surface area contributed by atoms with Crippen LogP contribution in [-0.2, 0) is 28.7 Å². The van der Waals surface area contributed by atoms with Crippen molar-refractivity contribution in [1.82, 2.24) is 0 Å². The van der Waals surface area contributed by atoms with Crippen LogP contribution in [-0.4, -0.2) is 49.2 Å². The highest BCUT2D eigenvalue weighted by Crippen LogP contribution is 2.34. The predicted molar refractivity (Wildman–Crippen MR) is 118 cm³/mol. The van der Waals surface area contributed by atoms with Crippen molar-refractivity contribution in [3.05, 3.63) is 0 Å². The number of nitrogens with zero attached hydrogens (tertiary/aromatic N) is 3. The number of hydrogen-bond acceptors (Lipinski definition) is 9. The summed E-state index contributed by atoms with van der Waals surface area (Å²) in [5.74, 6) is -3.06. The highest BCUT2D eigenvalue weighted by Gasteiger charge is 2.47. The van der Waals surface area contributed by atoms with E-state index in [1.54, 1.807) is 6.26 Å². The Labute approximate surface area is 194 Å². The summed E-state index contributed by atoms with van der Waals surface area (Å²) < 4.78 is 4.65. The van der Waals surface area contributed by atoms with Crippen LogP contribution in [0, 0.1) is 29.3 Å². The largest absolute Gasteiger partial charge is 0.428 e. The molecule has 0 spiro atoms. The molecular weight excluding hydrogens is 426 g/mol. The Bertz CT molecular complexity index is 728. The smallest absolute Gasteiger partial charge is 0.286 e. The number of rotatable bonds is 18. The Hall–Kier alpha value is -2.94. The van der Waals surface area contributed by atoms with Crippen molar-refractivity contribution in [2.75, 3.05) is 19.7 Å². The molecule has 2 atom stereocenters. The second kappa shape index (κ2) is 17.6. The van der Waals surface area contributed by atoms with E-state index in [-0.39, 0.29) is 17.3 Å². The van der Waals surface area contributed by atoms with Crippen molar-refractivity contribution in [2.45, 2.75) is 77.0 Å². The number of isocyanates is 2. The molecule has 0 radical (unpaired) electrons. The molecule has 0 saturated heterocycles. The first-order chi connectivity index (χ1) is 16.1. The van der Waals surface area contributed by atoms with Crippen molar-refractivity contribution >= 4 is 29.5 Å². The molecule has 1 aliphatic rings. The number of hydrogen-bond donors (Lipinski definition) is 0. The van der Waals surface area contributed by atoms with Crippen LogP contribution in [0.25, 0.3) is 0 Å². The van der Waals surface area contributed by atoms with Gasteiger partial charge in [-0.15, -0.1) is 0 Å². The number of ether oxygens (including phenoxy) is 1. The normalized spacial score (nSPS) is 20.0. The lowest BCUT2D eigenvalue weighted by molar-refractivity contribution is -0.150. The molecule has 0 heterocycles. The third kappa shape index (κ3) is 10.5. The first-order valence-corrected chi connectivity index (χ1v) is 11.8. The summed E-state index contributed by atoms with van der Waals surface area (Å²) in [6, 6.07) is 0. The van der Waals surface area contributed by atoms with Gasteiger partial charge in [0, 0.05) is 0 Å². The van der Waals surface area contributed by atoms with Crippen molar-refractivity contribution in [3.63, 3.8) is 0 Å². The Balaban J connectivity index is 2.71. The molecule has 0 amide bonds. The molecule has 1 fully saturated rings. The Morgan fingerprint density at radius 3 is 1.39 bits per heavy atom. The molecule has 0 bridgehead atoms. The van der Waals surface area contributed by atoms with Crippen LogP contribution in [0.5, 0.6) is 0 Å². The quantitative estimate of drug-likeness (QED) is 0.100. The van der Waals surface area contributed by atoms with E-state index in [0.717, 1.165) is 19.3 Å². The number of carbonyl (C=O) groups excluding carboxylic acids is 5. The van der Waals surface area contributed by atoms with Gasteiger partial charge in [-0.2, -0.15) is 5.26 Å². The van der Waals surface area contributed by atoms with Crippen LogP contribution < -0.4 is 0 Å². The molecule has 0 N–H and O–H groups in total. The minimum absolute atomic E-state index is 0.263. The Morgan fingerprint density at radius 1 is 0.636 bits per heavy atom. The van der Waals surface area contributed by atoms with Gasteiger partial charge in [0.2, 0.25) is 12.2 Å². The first-order valence-electron chi connectivity index (χ1n) is 11.8. The van der Waals surface area contributed by atoms with Gasteiger partial charge in [0.15, 0.2) is 17.3 Å². The van der Waals surface area contributed by atoms with Gasteiger partial charge in [-0.25, -0.2) is 19.6 Å². The topological polar surface area (TPSA) is 143 Å². The second-order valence-corrected chi connectivity index (χ2v) is 8.30. The predicted octanol–water partition coefficient (Wildman–Crippen LogP) is 3.41. The molecule has 1 saturated carbocycles. The maximum atomic E-state index is 13.0. The lowest BCUT2D eigenvalue weighted by Crippen LogP contribution is -2.48. The Kier molecular flexibility index (Phi) is 15.0. The van der Waals surface area contributed by atoms with Gasteiger partial charge in [0.05, 0.1) is 30.8 Å². The highest BCUT2D eigenvalue weighted by atomic mass is 16.5. The molecular formula is C24H33N3O6. The zero-order valence-corrected chi connectivity index (χ0v) is 19.1. The lowest BCUT2D eigenvalue weighted by atomic mass is 9.68. The number of unbranched alkanes of at least 4 members (excludes halogenated alkanes) is 6. The minimum atomic E-state index is -0.756. The monoisotopic (exact) mass is 459 g/mol. The number of nitriles is 1. The van der Waals surface area contributed by atoms with Gasteiger partial charge < -0.3 is 4.74 Å². The lowest BCUT2D eigenvalue weighted by Gasteiger charge is -2.32. The van der Waals surface area contributed by atoms with Gasteiger partial charge in [-0.05, 0) is 44.9 Å². The molecule has 9 heteroatoms. The van der Waals surface area contributed by atoms with E-state index in [0.29, 0.717) is 77.5 Å². The van der Waals surface area contributed by atoms with Gasteiger partial charge >= 0.3 is 0 Å². The van der Waals surface area contributed by atoms with Crippen LogP contribution in [0.1, 0.15) is 77.0 Å². The van der Waals surface area contributed by atoms with Crippen LogP contribution >= 0.6 is 0 Å². The third-order valence-electron chi connectivity index (χ3n) is 6.02. The fourth-order valence-electron chi connectivity index (χ4n) is 4.27. The molecule has 33 heavy (non-hydrogen) atoms. The number of aliphatic imine (C=N–C) groups is 2. The molecule has 1 aliphatic carbocycles. The molecule has 9 nitrogen and oxygen atoms in total. The molecule has 0 aromatic heterocycles. The third-order valence-corrected chi connectivity index (χ3v) is 6.02. The van der Waals surface area contributed by atoms with E-state index in [1.807, 2.05) is 0 Å². The van der Waals surface area contributed by atoms with Crippen molar-refractivity contribution in [1.29, 1.82) is 5.26 Å². The fraction of sp³-hybridized carbons (Fsp3) is 0.750. The fourth-order valence-corrected chi connectivity index (χ4v) is 4.27. The molecule has 0 aromatic carbocycles. The van der Waals surface area contributed by atoms with Crippen LogP contribution in [0.3, 0.4) is 0 Å². The van der Waals surface area contributed by atoms with E-state index in [2.05, 4.69) is 14.7 Å². The van der Waals surface area contributed by atoms with Gasteiger partial charge in [-0.3, -0.25) is 14.4 Å². The van der Waals surface area contributed by atoms with Crippen molar-refractivity contribution in [3.8, 4) is 6.26 Å². The number of carbonyl (C=O) groups is 3. The van der Waals surface area contributed by atoms with E-state index >= 15 is 0 Å². The highest BCUT2D eigenvalue weighted by molar-refractivity contribution is 6.23. The van der Waals surface area contributed by atoms with Gasteiger partial charge in [0.25, 0.3) is 6.26 Å². The summed E-state index contributed by atoms with van der Waals surface area (Å²) in [5.41, 5.74) is 0. The average Bonchev–Trinajstić information content (AvgIpc) is 2.81. The summed E-state index contributed by atoms with van der Waals surface area (Å²) in [4.78, 5) is 66.4. The molecule has 1 rings (SSSR count). The van der Waals surface area contributed by atoms with E-state index in [9.17, 15) is 24.0 Å². The standard InChI is InChI=1S/C24H33N3O6/c25-16-33-15-9-3-6-12-21-23(31)19(10-4-1-7-13-26-17-28)22(30)20(24(21)32)11-5-2-8-14-27-18-29/h19-21H,1-15H2. The van der Waals surface area contributed by atoms with Crippen molar-refractivity contribution in [2.24, 2.45) is 27.7 Å². The summed E-state index contributed by atoms with van der Waals surface area (Å²) in [7, 11) is 0. The molecule has 2 unspecified atom stereocenters.